The molecule has 43 heavy (non-hydrogen) atoms. The molecule has 1 aliphatic heterocycles. The Morgan fingerprint density at radius 2 is 1.49 bits per heavy atom. The molecule has 1 fully saturated rings. The molecule has 1 heterocycles. The van der Waals surface area contributed by atoms with Crippen molar-refractivity contribution in [2.24, 2.45) is 0 Å². The zero-order valence-corrected chi connectivity index (χ0v) is 26.0. The highest BCUT2D eigenvalue weighted by Gasteiger charge is 2.40. The largest absolute Gasteiger partial charge is 0.372 e. The smallest absolute Gasteiger partial charge is 0.319 e. The first-order valence-corrected chi connectivity index (χ1v) is 15.2. The van der Waals surface area contributed by atoms with Gasteiger partial charge in [-0.3, -0.25) is 9.59 Å². The van der Waals surface area contributed by atoms with Crippen molar-refractivity contribution in [3.8, 4) is 0 Å². The monoisotopic (exact) mass is 583 g/mol. The van der Waals surface area contributed by atoms with E-state index in [0.717, 1.165) is 29.9 Å². The van der Waals surface area contributed by atoms with Crippen LogP contribution in [0.1, 0.15) is 70.5 Å². The third-order valence-electron chi connectivity index (χ3n) is 7.81. The van der Waals surface area contributed by atoms with E-state index in [4.69, 9.17) is 0 Å². The number of benzene rings is 3. The van der Waals surface area contributed by atoms with Crippen LogP contribution >= 0.6 is 0 Å². The highest BCUT2D eigenvalue weighted by molar-refractivity contribution is 5.95. The van der Waals surface area contributed by atoms with Crippen LogP contribution in [-0.4, -0.2) is 54.0 Å². The molecule has 0 saturated carbocycles. The van der Waals surface area contributed by atoms with E-state index < -0.39 is 17.6 Å². The lowest BCUT2D eigenvalue weighted by atomic mass is 9.86. The quantitative estimate of drug-likeness (QED) is 0.284. The molecular weight excluding hydrogens is 538 g/mol. The summed E-state index contributed by atoms with van der Waals surface area (Å²) in [6.45, 7) is 11.5. The molecular formula is C35H45N5O3. The molecule has 3 aromatic rings. The van der Waals surface area contributed by atoms with E-state index >= 15 is 0 Å². The van der Waals surface area contributed by atoms with Crippen LogP contribution in [0.15, 0.2) is 84.9 Å². The Hall–Kier alpha value is -4.33. The van der Waals surface area contributed by atoms with Gasteiger partial charge in [0.1, 0.15) is 12.6 Å². The Labute approximate surface area is 255 Å². The molecule has 4 amide bonds. The molecule has 0 aromatic heterocycles. The van der Waals surface area contributed by atoms with E-state index in [1.807, 2.05) is 93.6 Å². The second kappa shape index (κ2) is 14.2. The molecule has 3 unspecified atom stereocenters. The Bertz CT molecular complexity index is 1370. The van der Waals surface area contributed by atoms with Gasteiger partial charge in [0, 0.05) is 30.0 Å². The standard InChI is InChI=1S/C35H45N5O3/c1-6-39(7-2)29-20-14-19-28(23-29)36-34(43)37-30-21-27(25-15-10-8-11-16-25)22-31(26-17-12-9-13-18-26)40(33(30)42)24-32(41)38-35(3,4)5/h8-20,23,27,30-31H,6-7,21-22,24H2,1-5H3,(H,38,41)(H2,36,37,43). The van der Waals surface area contributed by atoms with Crippen LogP contribution in [0, 0.1) is 0 Å². The Kier molecular flexibility index (Phi) is 10.5. The van der Waals surface area contributed by atoms with Crippen LogP contribution in [0.5, 0.6) is 0 Å². The minimum Gasteiger partial charge on any atom is -0.372 e. The molecule has 1 saturated heterocycles. The van der Waals surface area contributed by atoms with Crippen molar-refractivity contribution in [2.45, 2.75) is 71.0 Å². The summed E-state index contributed by atoms with van der Waals surface area (Å²) in [5, 5.41) is 8.90. The topological polar surface area (TPSA) is 93.8 Å². The lowest BCUT2D eigenvalue weighted by Gasteiger charge is -2.33. The third-order valence-corrected chi connectivity index (χ3v) is 7.81. The van der Waals surface area contributed by atoms with Gasteiger partial charge < -0.3 is 25.8 Å². The minimum absolute atomic E-state index is 0.0256. The van der Waals surface area contributed by atoms with Crippen molar-refractivity contribution in [1.29, 1.82) is 0 Å². The number of carbonyl (C=O) groups is 3. The maximum absolute atomic E-state index is 14.3. The summed E-state index contributed by atoms with van der Waals surface area (Å²) in [5.41, 5.74) is 3.26. The van der Waals surface area contributed by atoms with Gasteiger partial charge in [-0.2, -0.15) is 0 Å². The fourth-order valence-electron chi connectivity index (χ4n) is 5.84. The second-order valence-electron chi connectivity index (χ2n) is 12.1. The number of nitrogens with one attached hydrogen (secondary N) is 3. The van der Waals surface area contributed by atoms with E-state index in [1.54, 1.807) is 4.90 Å². The number of anilines is 2. The van der Waals surface area contributed by atoms with E-state index in [0.29, 0.717) is 18.5 Å². The molecule has 0 aliphatic carbocycles. The molecule has 0 radical (unpaired) electrons. The minimum atomic E-state index is -0.827. The van der Waals surface area contributed by atoms with Crippen LogP contribution in [0.4, 0.5) is 16.2 Å². The second-order valence-corrected chi connectivity index (χ2v) is 12.1. The Balaban J connectivity index is 1.65. The van der Waals surface area contributed by atoms with Gasteiger partial charge in [0.2, 0.25) is 11.8 Å². The summed E-state index contributed by atoms with van der Waals surface area (Å²) in [6, 6.07) is 26.0. The zero-order chi connectivity index (χ0) is 31.0. The third kappa shape index (κ3) is 8.60. The average Bonchev–Trinajstić information content (AvgIpc) is 3.10. The maximum Gasteiger partial charge on any atom is 0.319 e. The summed E-state index contributed by atoms with van der Waals surface area (Å²) in [5.74, 6) is -0.540. The maximum atomic E-state index is 14.3. The molecule has 0 bridgehead atoms. The molecule has 4 rings (SSSR count). The van der Waals surface area contributed by atoms with Gasteiger partial charge in [-0.05, 0) is 82.7 Å². The number of likely N-dealkylation sites (tertiary alicyclic amines) is 1. The van der Waals surface area contributed by atoms with Gasteiger partial charge in [0.15, 0.2) is 0 Å². The fourth-order valence-corrected chi connectivity index (χ4v) is 5.84. The van der Waals surface area contributed by atoms with Crippen LogP contribution in [-0.2, 0) is 9.59 Å². The van der Waals surface area contributed by atoms with Crippen LogP contribution in [0.3, 0.4) is 0 Å². The summed E-state index contributed by atoms with van der Waals surface area (Å²) >= 11 is 0. The zero-order valence-electron chi connectivity index (χ0n) is 26.0. The number of urea groups is 1. The molecule has 8 nitrogen and oxygen atoms in total. The van der Waals surface area contributed by atoms with Crippen molar-refractivity contribution in [3.05, 3.63) is 96.1 Å². The molecule has 3 aromatic carbocycles. The number of nitrogens with zero attached hydrogens (tertiary/aromatic N) is 2. The fraction of sp³-hybridized carbons (Fsp3) is 0.400. The van der Waals surface area contributed by atoms with Crippen LogP contribution in [0.25, 0.3) is 0 Å². The van der Waals surface area contributed by atoms with Crippen molar-refractivity contribution >= 4 is 29.2 Å². The van der Waals surface area contributed by atoms with Gasteiger partial charge >= 0.3 is 6.03 Å². The highest BCUT2D eigenvalue weighted by Crippen LogP contribution is 2.39. The first-order chi connectivity index (χ1) is 20.6. The van der Waals surface area contributed by atoms with Gasteiger partial charge in [-0.25, -0.2) is 4.79 Å². The molecule has 8 heteroatoms. The normalized spacial score (nSPS) is 18.9. The van der Waals surface area contributed by atoms with Gasteiger partial charge in [0.05, 0.1) is 6.04 Å². The average molecular weight is 584 g/mol. The Morgan fingerprint density at radius 3 is 2.09 bits per heavy atom. The predicted molar refractivity (Wildman–Crippen MR) is 173 cm³/mol. The molecule has 3 N–H and O–H groups in total. The van der Waals surface area contributed by atoms with Crippen molar-refractivity contribution in [3.63, 3.8) is 0 Å². The summed E-state index contributed by atoms with van der Waals surface area (Å²) in [4.78, 5) is 44.8. The number of carbonyl (C=O) groups excluding carboxylic acids is 3. The van der Waals surface area contributed by atoms with Crippen LogP contribution in [0.2, 0.25) is 0 Å². The van der Waals surface area contributed by atoms with Gasteiger partial charge in [-0.1, -0.05) is 66.7 Å². The molecule has 0 spiro atoms. The molecule has 3 atom stereocenters. The van der Waals surface area contributed by atoms with E-state index in [-0.39, 0.29) is 30.3 Å². The molecule has 228 valence electrons. The summed E-state index contributed by atoms with van der Waals surface area (Å²) < 4.78 is 0. The van der Waals surface area contributed by atoms with Crippen molar-refractivity contribution < 1.29 is 14.4 Å². The van der Waals surface area contributed by atoms with E-state index in [2.05, 4.69) is 46.8 Å². The van der Waals surface area contributed by atoms with E-state index in [1.165, 1.54) is 0 Å². The lowest BCUT2D eigenvalue weighted by molar-refractivity contribution is -0.139. The van der Waals surface area contributed by atoms with Crippen LogP contribution < -0.4 is 20.9 Å². The van der Waals surface area contributed by atoms with Gasteiger partial charge in [-0.15, -0.1) is 0 Å². The SMILES string of the molecule is CCN(CC)c1cccc(NC(=O)NC2CC(c3ccccc3)CC(c3ccccc3)N(CC(=O)NC(C)(C)C)C2=O)c1. The number of rotatable bonds is 9. The predicted octanol–water partition coefficient (Wildman–Crippen LogP) is 6.09. The Morgan fingerprint density at radius 1 is 0.860 bits per heavy atom. The number of hydrogen-bond acceptors (Lipinski definition) is 4. The van der Waals surface area contributed by atoms with Crippen molar-refractivity contribution in [2.75, 3.05) is 29.9 Å². The number of amides is 4. The summed E-state index contributed by atoms with van der Waals surface area (Å²) in [7, 11) is 0. The highest BCUT2D eigenvalue weighted by atomic mass is 16.2. The lowest BCUT2D eigenvalue weighted by Crippen LogP contribution is -2.53. The first kappa shape index (κ1) is 31.6. The van der Waals surface area contributed by atoms with Crippen molar-refractivity contribution in [1.82, 2.24) is 15.5 Å². The van der Waals surface area contributed by atoms with Gasteiger partial charge in [0.25, 0.3) is 0 Å². The van der Waals surface area contributed by atoms with E-state index in [9.17, 15) is 14.4 Å². The summed E-state index contributed by atoms with van der Waals surface area (Å²) in [6.07, 6.45) is 1.03. The molecule has 1 aliphatic rings. The first-order valence-electron chi connectivity index (χ1n) is 15.2. The number of hydrogen-bond donors (Lipinski definition) is 3.